The Bertz CT molecular complexity index is 544. The Labute approximate surface area is 117 Å². The summed E-state index contributed by atoms with van der Waals surface area (Å²) in [5.41, 5.74) is 2.05. The van der Waals surface area contributed by atoms with Crippen molar-refractivity contribution in [1.82, 2.24) is 4.90 Å². The van der Waals surface area contributed by atoms with Gasteiger partial charge in [-0.1, -0.05) is 18.2 Å². The Morgan fingerprint density at radius 3 is 2.80 bits per heavy atom. The lowest BCUT2D eigenvalue weighted by Crippen LogP contribution is -2.36. The van der Waals surface area contributed by atoms with Gasteiger partial charge >= 0.3 is 5.97 Å². The van der Waals surface area contributed by atoms with Gasteiger partial charge in [-0.3, -0.25) is 9.59 Å². The van der Waals surface area contributed by atoms with Crippen molar-refractivity contribution in [3.8, 4) is 0 Å². The molecule has 0 bridgehead atoms. The predicted octanol–water partition coefficient (Wildman–Crippen LogP) is 1.52. The molecule has 0 saturated carbocycles. The summed E-state index contributed by atoms with van der Waals surface area (Å²) in [6.45, 7) is 1.69. The van der Waals surface area contributed by atoms with Gasteiger partial charge in [0.15, 0.2) is 0 Å². The Morgan fingerprint density at radius 2 is 2.05 bits per heavy atom. The number of hydrogen-bond donors (Lipinski definition) is 2. The molecule has 1 aromatic rings. The second-order valence-corrected chi connectivity index (χ2v) is 5.46. The molecule has 1 fully saturated rings. The van der Waals surface area contributed by atoms with E-state index in [1.165, 1.54) is 0 Å². The number of likely N-dealkylation sites (tertiary alicyclic amines) is 1. The van der Waals surface area contributed by atoms with E-state index in [9.17, 15) is 9.59 Å². The van der Waals surface area contributed by atoms with E-state index in [4.69, 9.17) is 5.11 Å². The highest BCUT2D eigenvalue weighted by molar-refractivity contribution is 5.87. The molecule has 2 N–H and O–H groups in total. The monoisotopic (exact) mass is 274 g/mol. The van der Waals surface area contributed by atoms with Crippen LogP contribution in [0.3, 0.4) is 0 Å². The molecule has 0 spiro atoms. The van der Waals surface area contributed by atoms with Crippen LogP contribution < -0.4 is 5.32 Å². The zero-order chi connectivity index (χ0) is 14.1. The topological polar surface area (TPSA) is 69.6 Å². The first-order valence-corrected chi connectivity index (χ1v) is 7.01. The molecule has 1 saturated heterocycles. The van der Waals surface area contributed by atoms with Crippen molar-refractivity contribution in [3.05, 3.63) is 29.8 Å². The molecule has 2 heterocycles. The van der Waals surface area contributed by atoms with Gasteiger partial charge in [0, 0.05) is 25.3 Å². The van der Waals surface area contributed by atoms with Crippen LogP contribution >= 0.6 is 0 Å². The average molecular weight is 274 g/mol. The standard InChI is InChI=1S/C15H18N2O3/c18-14(17-8-6-10(9-17)15(19)20)12-5-7-16-13-4-2-1-3-11(12)13/h1-4,10,12,16H,5-9H2,(H,19,20). The number of para-hydroxylation sites is 1. The lowest BCUT2D eigenvalue weighted by atomic mass is 9.90. The van der Waals surface area contributed by atoms with Gasteiger partial charge in [-0.05, 0) is 24.5 Å². The quantitative estimate of drug-likeness (QED) is 0.858. The van der Waals surface area contributed by atoms with Gasteiger partial charge in [0.05, 0.1) is 11.8 Å². The van der Waals surface area contributed by atoms with Crippen LogP contribution in [0.5, 0.6) is 0 Å². The Balaban J connectivity index is 1.78. The summed E-state index contributed by atoms with van der Waals surface area (Å²) >= 11 is 0. The number of amides is 1. The SMILES string of the molecule is O=C(O)C1CCN(C(=O)C2CCNc3ccccc32)C1. The minimum Gasteiger partial charge on any atom is -0.481 e. The highest BCUT2D eigenvalue weighted by atomic mass is 16.4. The smallest absolute Gasteiger partial charge is 0.308 e. The van der Waals surface area contributed by atoms with Crippen LogP contribution in [0.15, 0.2) is 24.3 Å². The van der Waals surface area contributed by atoms with Crippen molar-refractivity contribution in [1.29, 1.82) is 0 Å². The van der Waals surface area contributed by atoms with Crippen LogP contribution in [-0.2, 0) is 9.59 Å². The molecule has 1 amide bonds. The molecule has 20 heavy (non-hydrogen) atoms. The van der Waals surface area contributed by atoms with Crippen LogP contribution in [0.1, 0.15) is 24.3 Å². The van der Waals surface area contributed by atoms with Crippen LogP contribution in [0.2, 0.25) is 0 Å². The average Bonchev–Trinajstić information content (AvgIpc) is 2.96. The number of fused-ring (bicyclic) bond motifs is 1. The molecule has 0 radical (unpaired) electrons. The van der Waals surface area contributed by atoms with Crippen molar-refractivity contribution in [3.63, 3.8) is 0 Å². The van der Waals surface area contributed by atoms with Gasteiger partial charge in [0.1, 0.15) is 0 Å². The van der Waals surface area contributed by atoms with Gasteiger partial charge in [-0.25, -0.2) is 0 Å². The molecule has 5 nitrogen and oxygen atoms in total. The summed E-state index contributed by atoms with van der Waals surface area (Å²) in [6, 6.07) is 7.86. The number of nitrogens with zero attached hydrogens (tertiary/aromatic N) is 1. The van der Waals surface area contributed by atoms with Gasteiger partial charge in [-0.15, -0.1) is 0 Å². The highest BCUT2D eigenvalue weighted by Gasteiger charge is 2.35. The molecule has 2 atom stereocenters. The molecule has 0 aliphatic carbocycles. The number of hydrogen-bond acceptors (Lipinski definition) is 3. The molecule has 3 rings (SSSR count). The number of carboxylic acids is 1. The third kappa shape index (κ3) is 2.24. The molecular formula is C15H18N2O3. The molecular weight excluding hydrogens is 256 g/mol. The van der Waals surface area contributed by atoms with E-state index in [1.807, 2.05) is 24.3 Å². The third-order valence-electron chi connectivity index (χ3n) is 4.23. The van der Waals surface area contributed by atoms with E-state index in [0.29, 0.717) is 19.5 Å². The maximum Gasteiger partial charge on any atom is 0.308 e. The maximum atomic E-state index is 12.6. The Hall–Kier alpha value is -2.04. The summed E-state index contributed by atoms with van der Waals surface area (Å²) < 4.78 is 0. The fraction of sp³-hybridized carbons (Fsp3) is 0.467. The van der Waals surface area contributed by atoms with Crippen molar-refractivity contribution < 1.29 is 14.7 Å². The van der Waals surface area contributed by atoms with E-state index in [1.54, 1.807) is 4.90 Å². The first-order chi connectivity index (χ1) is 9.66. The summed E-state index contributed by atoms with van der Waals surface area (Å²) in [7, 11) is 0. The predicted molar refractivity (Wildman–Crippen MR) is 74.6 cm³/mol. The zero-order valence-electron chi connectivity index (χ0n) is 11.2. The van der Waals surface area contributed by atoms with Crippen LogP contribution in [0.25, 0.3) is 0 Å². The lowest BCUT2D eigenvalue weighted by molar-refractivity contribution is -0.141. The lowest BCUT2D eigenvalue weighted by Gasteiger charge is -2.29. The molecule has 2 unspecified atom stereocenters. The first-order valence-electron chi connectivity index (χ1n) is 7.01. The first kappa shape index (κ1) is 13.0. The summed E-state index contributed by atoms with van der Waals surface area (Å²) in [4.78, 5) is 25.3. The van der Waals surface area contributed by atoms with Crippen LogP contribution in [0.4, 0.5) is 5.69 Å². The third-order valence-corrected chi connectivity index (χ3v) is 4.23. The molecule has 5 heteroatoms. The fourth-order valence-corrected chi connectivity index (χ4v) is 3.11. The van der Waals surface area contributed by atoms with E-state index in [2.05, 4.69) is 5.32 Å². The van der Waals surface area contributed by atoms with Crippen molar-refractivity contribution in [2.24, 2.45) is 5.92 Å². The summed E-state index contributed by atoms with van der Waals surface area (Å²) in [6.07, 6.45) is 1.33. The van der Waals surface area contributed by atoms with Crippen LogP contribution in [0, 0.1) is 5.92 Å². The van der Waals surface area contributed by atoms with E-state index >= 15 is 0 Å². The second kappa shape index (κ2) is 5.15. The summed E-state index contributed by atoms with van der Waals surface area (Å²) in [5, 5.41) is 12.3. The largest absolute Gasteiger partial charge is 0.481 e. The summed E-state index contributed by atoms with van der Waals surface area (Å²) in [5.74, 6) is -1.27. The van der Waals surface area contributed by atoms with E-state index < -0.39 is 11.9 Å². The van der Waals surface area contributed by atoms with Gasteiger partial charge in [-0.2, -0.15) is 0 Å². The minimum atomic E-state index is -0.800. The number of benzene rings is 1. The number of carbonyl (C=O) groups is 2. The number of anilines is 1. The van der Waals surface area contributed by atoms with Gasteiger partial charge in [0.2, 0.25) is 5.91 Å². The Kier molecular flexibility index (Phi) is 3.34. The van der Waals surface area contributed by atoms with Gasteiger partial charge in [0.25, 0.3) is 0 Å². The second-order valence-electron chi connectivity index (χ2n) is 5.46. The highest BCUT2D eigenvalue weighted by Crippen LogP contribution is 2.33. The van der Waals surface area contributed by atoms with Crippen molar-refractivity contribution in [2.75, 3.05) is 25.0 Å². The number of nitrogens with one attached hydrogen (secondary N) is 1. The minimum absolute atomic E-state index is 0.0719. The normalized spacial score (nSPS) is 24.9. The van der Waals surface area contributed by atoms with Gasteiger partial charge < -0.3 is 15.3 Å². The molecule has 106 valence electrons. The van der Waals surface area contributed by atoms with E-state index in [-0.39, 0.29) is 11.8 Å². The van der Waals surface area contributed by atoms with Crippen molar-refractivity contribution >= 4 is 17.6 Å². The number of carbonyl (C=O) groups excluding carboxylic acids is 1. The fourth-order valence-electron chi connectivity index (χ4n) is 3.11. The van der Waals surface area contributed by atoms with Crippen molar-refractivity contribution in [2.45, 2.75) is 18.8 Å². The Morgan fingerprint density at radius 1 is 1.25 bits per heavy atom. The zero-order valence-corrected chi connectivity index (χ0v) is 11.2. The number of rotatable bonds is 2. The molecule has 2 aliphatic heterocycles. The molecule has 2 aliphatic rings. The van der Waals surface area contributed by atoms with E-state index in [0.717, 1.165) is 24.2 Å². The molecule has 0 aromatic heterocycles. The number of carboxylic acid groups (broad SMARTS) is 1. The number of aliphatic carboxylic acids is 1. The maximum absolute atomic E-state index is 12.6. The van der Waals surface area contributed by atoms with Crippen LogP contribution in [-0.4, -0.2) is 41.5 Å². The molecule has 1 aromatic carbocycles.